The average Bonchev–Trinajstić information content (AvgIpc) is 1.68. The molecule has 0 aromatic carbocycles. The van der Waals surface area contributed by atoms with E-state index in [0.29, 0.717) is 0 Å². The van der Waals surface area contributed by atoms with Crippen LogP contribution in [0, 0.1) is 5.41 Å². The molecule has 0 unspecified atom stereocenters. The van der Waals surface area contributed by atoms with Crippen LogP contribution in [0.5, 0.6) is 0 Å². The summed E-state index contributed by atoms with van der Waals surface area (Å²) in [7, 11) is 0. The Kier molecular flexibility index (Phi) is 0.224. The van der Waals surface area contributed by atoms with E-state index in [4.69, 9.17) is 0 Å². The van der Waals surface area contributed by atoms with E-state index in [1.807, 2.05) is 0 Å². The molecule has 0 aromatic heterocycles. The largest absolute Gasteiger partial charge is 0.311 e. The topological polar surface area (TPSA) is 12.0 Å². The van der Waals surface area contributed by atoms with Crippen molar-refractivity contribution in [2.24, 2.45) is 5.41 Å². The van der Waals surface area contributed by atoms with Crippen LogP contribution in [0.15, 0.2) is 0 Å². The van der Waals surface area contributed by atoms with Gasteiger partial charge in [-0.25, -0.2) is 0 Å². The highest BCUT2D eigenvalue weighted by molar-refractivity contribution is 5.29. The molecule has 0 spiro atoms. The lowest BCUT2D eigenvalue weighted by atomic mass is 9.44. The lowest BCUT2D eigenvalue weighted by Gasteiger charge is -2.61. The summed E-state index contributed by atoms with van der Waals surface area (Å²) in [5.74, 6) is 0. The zero-order chi connectivity index (χ0) is 4.54. The van der Waals surface area contributed by atoms with E-state index >= 15 is 0 Å². The Morgan fingerprint density at radius 3 is 2.00 bits per heavy atom. The van der Waals surface area contributed by atoms with Crippen LogP contribution in [-0.2, 0) is 0 Å². The van der Waals surface area contributed by atoms with Crippen LogP contribution < -0.4 is 5.32 Å². The Bertz CT molecular complexity index is 93.3. The Balaban J connectivity index is 2.24. The molecular weight excluding hydrogens is 86.1 g/mol. The standard InChI is InChI=1S/C6H9N/c1-5-2-6(1,3-5)7-4-5/h7H,1-4H2. The minimum absolute atomic E-state index is 0.722. The minimum Gasteiger partial charge on any atom is -0.311 e. The minimum atomic E-state index is 0.722. The second-order valence-electron chi connectivity index (χ2n) is 3.66. The molecule has 7 heavy (non-hydrogen) atoms. The Labute approximate surface area is 43.1 Å². The van der Waals surface area contributed by atoms with Crippen molar-refractivity contribution in [3.63, 3.8) is 0 Å². The average molecular weight is 95.1 g/mol. The van der Waals surface area contributed by atoms with Crippen LogP contribution in [0.2, 0.25) is 0 Å². The van der Waals surface area contributed by atoms with Crippen molar-refractivity contribution in [3.05, 3.63) is 0 Å². The predicted molar refractivity (Wildman–Crippen MR) is 27.0 cm³/mol. The van der Waals surface area contributed by atoms with Gasteiger partial charge in [-0.15, -0.1) is 0 Å². The van der Waals surface area contributed by atoms with E-state index in [-0.39, 0.29) is 0 Å². The number of hydrogen-bond donors (Lipinski definition) is 1. The van der Waals surface area contributed by atoms with Gasteiger partial charge in [-0.2, -0.15) is 0 Å². The summed E-state index contributed by atoms with van der Waals surface area (Å²) in [5, 5.41) is 3.53. The van der Waals surface area contributed by atoms with Gasteiger partial charge in [0.25, 0.3) is 0 Å². The van der Waals surface area contributed by atoms with Crippen LogP contribution in [0.25, 0.3) is 0 Å². The van der Waals surface area contributed by atoms with E-state index in [1.54, 1.807) is 0 Å². The summed E-state index contributed by atoms with van der Waals surface area (Å²) in [6, 6.07) is 0. The predicted octanol–water partition coefficient (Wildman–Crippen LogP) is 0.512. The molecule has 0 amide bonds. The highest BCUT2D eigenvalue weighted by Gasteiger charge is 2.72. The van der Waals surface area contributed by atoms with Gasteiger partial charge in [0.2, 0.25) is 0 Å². The molecule has 38 valence electrons. The molecule has 3 heterocycles. The van der Waals surface area contributed by atoms with Gasteiger partial charge < -0.3 is 5.32 Å². The first-order chi connectivity index (χ1) is 3.33. The van der Waals surface area contributed by atoms with Gasteiger partial charge in [0, 0.05) is 12.1 Å². The van der Waals surface area contributed by atoms with E-state index in [9.17, 15) is 0 Å². The smallest absolute Gasteiger partial charge is 0.0199 e. The first-order valence-corrected chi connectivity index (χ1v) is 3.08. The molecule has 3 aliphatic carbocycles. The van der Waals surface area contributed by atoms with Gasteiger partial charge in [-0.1, -0.05) is 0 Å². The van der Waals surface area contributed by atoms with Crippen molar-refractivity contribution in [1.82, 2.24) is 5.32 Å². The van der Waals surface area contributed by atoms with E-state index < -0.39 is 0 Å². The zero-order valence-electron chi connectivity index (χ0n) is 4.33. The fourth-order valence-electron chi connectivity index (χ4n) is 2.75. The van der Waals surface area contributed by atoms with Gasteiger partial charge in [0.15, 0.2) is 0 Å². The van der Waals surface area contributed by atoms with Crippen molar-refractivity contribution in [2.45, 2.75) is 24.8 Å². The van der Waals surface area contributed by atoms with Crippen molar-refractivity contribution in [2.75, 3.05) is 6.54 Å². The molecule has 1 heteroatoms. The molecule has 6 rings (SSSR count). The highest BCUT2D eigenvalue weighted by Crippen LogP contribution is 2.71. The van der Waals surface area contributed by atoms with Crippen LogP contribution in [0.1, 0.15) is 19.3 Å². The summed E-state index contributed by atoms with van der Waals surface area (Å²) < 4.78 is 0. The zero-order valence-corrected chi connectivity index (χ0v) is 4.33. The highest BCUT2D eigenvalue weighted by atomic mass is 15.2. The van der Waals surface area contributed by atoms with Crippen molar-refractivity contribution in [3.8, 4) is 0 Å². The van der Waals surface area contributed by atoms with E-state index in [2.05, 4.69) is 5.32 Å². The fourth-order valence-corrected chi connectivity index (χ4v) is 2.75. The monoisotopic (exact) mass is 95.1 g/mol. The molecule has 0 atom stereocenters. The molecule has 6 fully saturated rings. The second kappa shape index (κ2) is 0.510. The Hall–Kier alpha value is -0.0400. The third kappa shape index (κ3) is 0.150. The number of rotatable bonds is 0. The second-order valence-corrected chi connectivity index (χ2v) is 3.66. The molecule has 0 aromatic rings. The number of hydrogen-bond acceptors (Lipinski definition) is 1. The van der Waals surface area contributed by atoms with Gasteiger partial charge in [0.05, 0.1) is 0 Å². The van der Waals surface area contributed by atoms with Gasteiger partial charge in [-0.05, 0) is 24.7 Å². The first-order valence-electron chi connectivity index (χ1n) is 3.08. The molecule has 3 saturated carbocycles. The van der Waals surface area contributed by atoms with Crippen LogP contribution in [0.4, 0.5) is 0 Å². The maximum absolute atomic E-state index is 3.53. The molecule has 3 saturated heterocycles. The Morgan fingerprint density at radius 1 is 1.14 bits per heavy atom. The molecule has 0 radical (unpaired) electrons. The SMILES string of the molecule is C1NC23CC1(C2)C3. The van der Waals surface area contributed by atoms with E-state index in [1.165, 1.54) is 25.8 Å². The maximum atomic E-state index is 3.53. The van der Waals surface area contributed by atoms with Gasteiger partial charge >= 0.3 is 0 Å². The summed E-state index contributed by atoms with van der Waals surface area (Å²) in [5.41, 5.74) is 1.58. The molecule has 1 nitrogen and oxygen atoms in total. The van der Waals surface area contributed by atoms with Crippen molar-refractivity contribution in [1.29, 1.82) is 0 Å². The van der Waals surface area contributed by atoms with Crippen LogP contribution in [-0.4, -0.2) is 12.1 Å². The summed E-state index contributed by atoms with van der Waals surface area (Å²) in [6.45, 7) is 1.34. The molecule has 1 N–H and O–H groups in total. The van der Waals surface area contributed by atoms with Crippen molar-refractivity contribution < 1.29 is 0 Å². The first kappa shape index (κ1) is 3.08. The summed E-state index contributed by atoms with van der Waals surface area (Å²) >= 11 is 0. The Morgan fingerprint density at radius 2 is 1.86 bits per heavy atom. The summed E-state index contributed by atoms with van der Waals surface area (Å²) in [4.78, 5) is 0. The molecule has 6 aliphatic rings. The summed E-state index contributed by atoms with van der Waals surface area (Å²) in [6.07, 6.45) is 4.54. The molecule has 2 bridgehead atoms. The lowest BCUT2D eigenvalue weighted by Crippen LogP contribution is -2.61. The van der Waals surface area contributed by atoms with Crippen LogP contribution in [0.3, 0.4) is 0 Å². The third-order valence-corrected chi connectivity index (χ3v) is 2.98. The van der Waals surface area contributed by atoms with Gasteiger partial charge in [-0.3, -0.25) is 0 Å². The van der Waals surface area contributed by atoms with Crippen molar-refractivity contribution >= 4 is 0 Å². The quantitative estimate of drug-likeness (QED) is 0.462. The van der Waals surface area contributed by atoms with Crippen LogP contribution >= 0.6 is 0 Å². The molecule has 3 aliphatic heterocycles. The van der Waals surface area contributed by atoms with E-state index in [0.717, 1.165) is 11.0 Å². The van der Waals surface area contributed by atoms with Gasteiger partial charge in [0.1, 0.15) is 0 Å². The number of nitrogens with one attached hydrogen (secondary N) is 1. The maximum Gasteiger partial charge on any atom is 0.0199 e. The lowest BCUT2D eigenvalue weighted by molar-refractivity contribution is -0.0541. The normalized spacial score (nSPS) is 72.0. The molecular formula is C6H9N. The third-order valence-electron chi connectivity index (χ3n) is 2.98. The fraction of sp³-hybridized carbons (Fsp3) is 1.00.